The van der Waals surface area contributed by atoms with Gasteiger partial charge in [0.1, 0.15) is 5.82 Å². The number of hydrogen-bond acceptors (Lipinski definition) is 3. The molecule has 0 aromatic carbocycles. The number of carbonyl (C=O) groups is 2. The van der Waals surface area contributed by atoms with Gasteiger partial charge in [0.15, 0.2) is 0 Å². The van der Waals surface area contributed by atoms with E-state index < -0.39 is 23.6 Å². The van der Waals surface area contributed by atoms with E-state index in [4.69, 9.17) is 0 Å². The Morgan fingerprint density at radius 3 is 2.85 bits per heavy atom. The Bertz CT molecular complexity index is 531. The summed E-state index contributed by atoms with van der Waals surface area (Å²) in [4.78, 5) is 26.7. The van der Waals surface area contributed by atoms with Gasteiger partial charge in [0, 0.05) is 25.1 Å². The highest BCUT2D eigenvalue weighted by atomic mass is 19.4. The van der Waals surface area contributed by atoms with E-state index >= 15 is 0 Å². The minimum Gasteiger partial charge on any atom is -0.356 e. The van der Waals surface area contributed by atoms with Crippen LogP contribution >= 0.6 is 0 Å². The first-order chi connectivity index (χ1) is 9.36. The summed E-state index contributed by atoms with van der Waals surface area (Å²) < 4.78 is 37.6. The fourth-order valence-electron chi connectivity index (χ4n) is 1.91. The molecule has 0 spiro atoms. The Balaban J connectivity index is 2.06. The summed E-state index contributed by atoms with van der Waals surface area (Å²) in [6.45, 7) is 0.382. The van der Waals surface area contributed by atoms with E-state index in [9.17, 15) is 22.8 Å². The summed E-state index contributed by atoms with van der Waals surface area (Å²) in [6.07, 6.45) is -3.03. The molecule has 1 aromatic heterocycles. The number of rotatable bonds is 2. The van der Waals surface area contributed by atoms with Crippen molar-refractivity contribution >= 4 is 17.6 Å². The molecule has 1 atom stereocenters. The van der Waals surface area contributed by atoms with Crippen molar-refractivity contribution in [3.63, 3.8) is 0 Å². The normalized spacial score (nSPS) is 19.4. The number of piperidine rings is 1. The number of alkyl halides is 3. The van der Waals surface area contributed by atoms with Crippen LogP contribution in [0.25, 0.3) is 0 Å². The molecule has 2 heterocycles. The predicted molar refractivity (Wildman–Crippen MR) is 63.6 cm³/mol. The lowest BCUT2D eigenvalue weighted by atomic mass is 9.97. The SMILES string of the molecule is O=C1CC(C(=O)Nc2cc(C(F)(F)F)ccn2)CCN1. The maximum Gasteiger partial charge on any atom is 0.416 e. The quantitative estimate of drug-likeness (QED) is 0.867. The third-order valence-electron chi connectivity index (χ3n) is 2.96. The third kappa shape index (κ3) is 3.46. The molecule has 5 nitrogen and oxygen atoms in total. The van der Waals surface area contributed by atoms with Crippen LogP contribution in [0.5, 0.6) is 0 Å². The largest absolute Gasteiger partial charge is 0.416 e. The standard InChI is InChI=1S/C12H12F3N3O2/c13-12(14,15)8-2-4-16-9(6-8)18-11(20)7-1-3-17-10(19)5-7/h2,4,6-7H,1,3,5H2,(H,17,19)(H,16,18,20). The van der Waals surface area contributed by atoms with Gasteiger partial charge in [0.25, 0.3) is 0 Å². The highest BCUT2D eigenvalue weighted by Crippen LogP contribution is 2.30. The summed E-state index contributed by atoms with van der Waals surface area (Å²) in [5.74, 6) is -1.45. The summed E-state index contributed by atoms with van der Waals surface area (Å²) in [6, 6.07) is 1.59. The number of carbonyl (C=O) groups excluding carboxylic acids is 2. The smallest absolute Gasteiger partial charge is 0.356 e. The van der Waals surface area contributed by atoms with Crippen molar-refractivity contribution in [3.05, 3.63) is 23.9 Å². The molecule has 2 N–H and O–H groups in total. The first-order valence-electron chi connectivity index (χ1n) is 5.97. The molecule has 0 saturated carbocycles. The molecule has 108 valence electrons. The zero-order valence-electron chi connectivity index (χ0n) is 10.3. The molecule has 20 heavy (non-hydrogen) atoms. The van der Waals surface area contributed by atoms with Crippen molar-refractivity contribution in [3.8, 4) is 0 Å². The van der Waals surface area contributed by atoms with Gasteiger partial charge >= 0.3 is 6.18 Å². The van der Waals surface area contributed by atoms with Gasteiger partial charge in [-0.1, -0.05) is 0 Å². The molecule has 2 rings (SSSR count). The highest BCUT2D eigenvalue weighted by Gasteiger charge is 2.31. The molecule has 0 radical (unpaired) electrons. The second kappa shape index (κ2) is 5.48. The number of nitrogens with zero attached hydrogens (tertiary/aromatic N) is 1. The van der Waals surface area contributed by atoms with E-state index in [0.29, 0.717) is 13.0 Å². The van der Waals surface area contributed by atoms with Crippen molar-refractivity contribution in [1.29, 1.82) is 0 Å². The number of nitrogens with one attached hydrogen (secondary N) is 2. The molecule has 1 aromatic rings. The Morgan fingerprint density at radius 1 is 1.45 bits per heavy atom. The van der Waals surface area contributed by atoms with Gasteiger partial charge in [-0.2, -0.15) is 13.2 Å². The third-order valence-corrected chi connectivity index (χ3v) is 2.96. The Kier molecular flexibility index (Phi) is 3.91. The predicted octanol–water partition coefficient (Wildman–Crippen LogP) is 1.57. The van der Waals surface area contributed by atoms with Crippen LogP contribution in [-0.4, -0.2) is 23.3 Å². The number of amides is 2. The van der Waals surface area contributed by atoms with Crippen LogP contribution in [0.15, 0.2) is 18.3 Å². The van der Waals surface area contributed by atoms with Crippen LogP contribution in [0.1, 0.15) is 18.4 Å². The van der Waals surface area contributed by atoms with Gasteiger partial charge in [0.2, 0.25) is 11.8 Å². The van der Waals surface area contributed by atoms with Gasteiger partial charge in [-0.3, -0.25) is 9.59 Å². The summed E-state index contributed by atoms with van der Waals surface area (Å²) in [7, 11) is 0. The number of hydrogen-bond donors (Lipinski definition) is 2. The minimum atomic E-state index is -4.49. The fourth-order valence-corrected chi connectivity index (χ4v) is 1.91. The van der Waals surface area contributed by atoms with Crippen LogP contribution in [0.3, 0.4) is 0 Å². The average Bonchev–Trinajstić information content (AvgIpc) is 2.38. The van der Waals surface area contributed by atoms with Gasteiger partial charge < -0.3 is 10.6 Å². The first-order valence-corrected chi connectivity index (χ1v) is 5.97. The van der Waals surface area contributed by atoms with Crippen molar-refractivity contribution in [2.45, 2.75) is 19.0 Å². The molecule has 1 aliphatic rings. The van der Waals surface area contributed by atoms with Crippen LogP contribution in [0, 0.1) is 5.92 Å². The summed E-state index contributed by atoms with van der Waals surface area (Å²) in [5, 5.41) is 4.89. The fraction of sp³-hybridized carbons (Fsp3) is 0.417. The van der Waals surface area contributed by atoms with Crippen molar-refractivity contribution in [1.82, 2.24) is 10.3 Å². The van der Waals surface area contributed by atoms with Crippen molar-refractivity contribution < 1.29 is 22.8 Å². The maximum absolute atomic E-state index is 12.5. The lowest BCUT2D eigenvalue weighted by molar-refractivity contribution is -0.137. The van der Waals surface area contributed by atoms with E-state index in [-0.39, 0.29) is 18.1 Å². The number of aromatic nitrogens is 1. The average molecular weight is 287 g/mol. The Hall–Kier alpha value is -2.12. The van der Waals surface area contributed by atoms with Gasteiger partial charge in [0.05, 0.1) is 5.56 Å². The molecule has 1 saturated heterocycles. The number of halogens is 3. The molecular formula is C12H12F3N3O2. The molecule has 1 aliphatic heterocycles. The molecular weight excluding hydrogens is 275 g/mol. The molecule has 0 aliphatic carbocycles. The highest BCUT2D eigenvalue weighted by molar-refractivity contribution is 5.95. The first kappa shape index (κ1) is 14.3. The lowest BCUT2D eigenvalue weighted by Crippen LogP contribution is -2.38. The zero-order chi connectivity index (χ0) is 14.8. The van der Waals surface area contributed by atoms with Crippen molar-refractivity contribution in [2.75, 3.05) is 11.9 Å². The molecule has 2 amide bonds. The monoisotopic (exact) mass is 287 g/mol. The molecule has 8 heteroatoms. The summed E-state index contributed by atoms with van der Waals surface area (Å²) >= 11 is 0. The van der Waals surface area contributed by atoms with Gasteiger partial charge in [-0.15, -0.1) is 0 Å². The Morgan fingerprint density at radius 2 is 2.20 bits per heavy atom. The van der Waals surface area contributed by atoms with E-state index in [1.165, 1.54) is 0 Å². The minimum absolute atomic E-state index is 0.0325. The number of anilines is 1. The van der Waals surface area contributed by atoms with Gasteiger partial charge in [-0.05, 0) is 18.6 Å². The number of pyridine rings is 1. The second-order valence-corrected chi connectivity index (χ2v) is 4.46. The van der Waals surface area contributed by atoms with E-state index in [0.717, 1.165) is 18.3 Å². The van der Waals surface area contributed by atoms with Crippen molar-refractivity contribution in [2.24, 2.45) is 5.92 Å². The molecule has 1 unspecified atom stereocenters. The van der Waals surface area contributed by atoms with Crippen LogP contribution in [0.4, 0.5) is 19.0 Å². The van der Waals surface area contributed by atoms with Crippen LogP contribution in [0.2, 0.25) is 0 Å². The second-order valence-electron chi connectivity index (χ2n) is 4.46. The van der Waals surface area contributed by atoms with Crippen LogP contribution in [-0.2, 0) is 15.8 Å². The van der Waals surface area contributed by atoms with E-state index in [2.05, 4.69) is 15.6 Å². The topological polar surface area (TPSA) is 71.1 Å². The summed E-state index contributed by atoms with van der Waals surface area (Å²) in [5.41, 5.74) is -0.885. The van der Waals surface area contributed by atoms with E-state index in [1.807, 2.05) is 0 Å². The zero-order valence-corrected chi connectivity index (χ0v) is 10.3. The Labute approximate surface area is 112 Å². The van der Waals surface area contributed by atoms with E-state index in [1.54, 1.807) is 0 Å². The van der Waals surface area contributed by atoms with Gasteiger partial charge in [-0.25, -0.2) is 4.98 Å². The molecule has 1 fully saturated rings. The molecule has 0 bridgehead atoms. The maximum atomic E-state index is 12.5. The van der Waals surface area contributed by atoms with Crippen LogP contribution < -0.4 is 10.6 Å². The lowest BCUT2D eigenvalue weighted by Gasteiger charge is -2.21.